The van der Waals surface area contributed by atoms with Gasteiger partial charge in [-0.15, -0.1) is 0 Å². The van der Waals surface area contributed by atoms with Crippen molar-refractivity contribution in [3.05, 3.63) is 30.3 Å². The van der Waals surface area contributed by atoms with Gasteiger partial charge in [0.25, 0.3) is 0 Å². The van der Waals surface area contributed by atoms with Crippen molar-refractivity contribution in [1.29, 1.82) is 0 Å². The van der Waals surface area contributed by atoms with Crippen LogP contribution in [-0.4, -0.2) is 62.2 Å². The molecule has 1 aromatic carbocycles. The second-order valence-corrected chi connectivity index (χ2v) is 8.65. The highest BCUT2D eigenvalue weighted by atomic mass is 15.2. The summed E-state index contributed by atoms with van der Waals surface area (Å²) in [4.78, 5) is 8.01. The normalized spacial score (nSPS) is 30.8. The van der Waals surface area contributed by atoms with Crippen LogP contribution in [0.25, 0.3) is 0 Å². The Morgan fingerprint density at radius 2 is 1.76 bits per heavy atom. The molecule has 0 N–H and O–H groups in total. The molecular weight excluding hydrogens is 306 g/mol. The maximum absolute atomic E-state index is 2.69. The van der Waals surface area contributed by atoms with E-state index >= 15 is 0 Å². The largest absolute Gasteiger partial charge is 0.371 e. The second-order valence-electron chi connectivity index (χ2n) is 8.65. The average molecular weight is 342 g/mol. The van der Waals surface area contributed by atoms with E-state index in [1.54, 1.807) is 0 Å². The number of hydrogen-bond donors (Lipinski definition) is 0. The molecule has 0 aliphatic carbocycles. The SMILES string of the molecule is CN1C[C@@H]2C[C@@H](CN(c3ccccc3)C2)[C@H]1CCCCN1CCCC1. The third-order valence-corrected chi connectivity index (χ3v) is 6.77. The van der Waals surface area contributed by atoms with Crippen LogP contribution in [0, 0.1) is 11.8 Å². The Hall–Kier alpha value is -1.06. The Morgan fingerprint density at radius 1 is 0.960 bits per heavy atom. The Labute approximate surface area is 154 Å². The lowest BCUT2D eigenvalue weighted by molar-refractivity contribution is 0.0577. The molecule has 3 heteroatoms. The van der Waals surface area contributed by atoms with Crippen molar-refractivity contribution in [3.8, 4) is 0 Å². The second kappa shape index (κ2) is 8.09. The van der Waals surface area contributed by atoms with Gasteiger partial charge in [0, 0.05) is 31.4 Å². The monoisotopic (exact) mass is 341 g/mol. The molecule has 3 atom stereocenters. The maximum Gasteiger partial charge on any atom is 0.0366 e. The molecule has 0 saturated carbocycles. The predicted octanol–water partition coefficient (Wildman–Crippen LogP) is 3.71. The standard InChI is InChI=1S/C22H35N3/c1-23-16-19-15-20(18-25(17-19)21-9-3-2-4-10-21)22(23)11-5-6-12-24-13-7-8-14-24/h2-4,9-10,19-20,22H,5-8,11-18H2,1H3/t19-,20-,22+/m0/s1. The number of unbranched alkanes of at least 4 members (excludes halogenated alkanes) is 1. The molecule has 3 heterocycles. The van der Waals surface area contributed by atoms with Gasteiger partial charge in [-0.25, -0.2) is 0 Å². The fraction of sp³-hybridized carbons (Fsp3) is 0.727. The lowest BCUT2D eigenvalue weighted by Gasteiger charge is -2.50. The van der Waals surface area contributed by atoms with Gasteiger partial charge in [-0.2, -0.15) is 0 Å². The molecule has 3 aliphatic rings. The highest BCUT2D eigenvalue weighted by molar-refractivity contribution is 5.46. The Bertz CT molecular complexity index is 523. The molecule has 0 aromatic heterocycles. The predicted molar refractivity (Wildman–Crippen MR) is 106 cm³/mol. The highest BCUT2D eigenvalue weighted by Crippen LogP contribution is 2.36. The molecule has 0 radical (unpaired) electrons. The van der Waals surface area contributed by atoms with E-state index in [9.17, 15) is 0 Å². The van der Waals surface area contributed by atoms with E-state index in [-0.39, 0.29) is 0 Å². The van der Waals surface area contributed by atoms with Crippen molar-refractivity contribution in [3.63, 3.8) is 0 Å². The number of benzene rings is 1. The molecular formula is C22H35N3. The number of para-hydroxylation sites is 1. The Kier molecular flexibility index (Phi) is 5.62. The van der Waals surface area contributed by atoms with E-state index in [0.29, 0.717) is 0 Å². The van der Waals surface area contributed by atoms with E-state index in [1.807, 2.05) is 0 Å². The summed E-state index contributed by atoms with van der Waals surface area (Å²) >= 11 is 0. The highest BCUT2D eigenvalue weighted by Gasteiger charge is 2.39. The van der Waals surface area contributed by atoms with E-state index in [4.69, 9.17) is 0 Å². The van der Waals surface area contributed by atoms with Gasteiger partial charge in [0.05, 0.1) is 0 Å². The van der Waals surface area contributed by atoms with Crippen molar-refractivity contribution >= 4 is 5.69 Å². The minimum atomic E-state index is 0.793. The lowest BCUT2D eigenvalue weighted by atomic mass is 9.77. The molecule has 1 aromatic rings. The first-order valence-electron chi connectivity index (χ1n) is 10.5. The summed E-state index contributed by atoms with van der Waals surface area (Å²) in [6, 6.07) is 11.9. The first-order chi connectivity index (χ1) is 12.3. The van der Waals surface area contributed by atoms with Gasteiger partial charge < -0.3 is 14.7 Å². The summed E-state index contributed by atoms with van der Waals surface area (Å²) in [5.41, 5.74) is 1.43. The van der Waals surface area contributed by atoms with Crippen LogP contribution in [-0.2, 0) is 0 Å². The maximum atomic E-state index is 2.69. The summed E-state index contributed by atoms with van der Waals surface area (Å²) in [6.07, 6.45) is 8.48. The fourth-order valence-corrected chi connectivity index (χ4v) is 5.56. The zero-order chi connectivity index (χ0) is 17.1. The fourth-order valence-electron chi connectivity index (χ4n) is 5.56. The molecule has 4 rings (SSSR count). The van der Waals surface area contributed by atoms with Crippen LogP contribution in [0.2, 0.25) is 0 Å². The molecule has 0 unspecified atom stereocenters. The molecule has 25 heavy (non-hydrogen) atoms. The first kappa shape index (κ1) is 17.4. The van der Waals surface area contributed by atoms with Crippen LogP contribution < -0.4 is 4.90 Å². The number of likely N-dealkylation sites (tertiary alicyclic amines) is 2. The Balaban J connectivity index is 1.31. The van der Waals surface area contributed by atoms with Crippen molar-refractivity contribution in [1.82, 2.24) is 9.80 Å². The molecule has 138 valence electrons. The summed E-state index contributed by atoms with van der Waals surface area (Å²) in [5.74, 6) is 1.70. The summed E-state index contributed by atoms with van der Waals surface area (Å²) in [7, 11) is 2.38. The number of hydrogen-bond acceptors (Lipinski definition) is 3. The molecule has 0 spiro atoms. The topological polar surface area (TPSA) is 9.72 Å². The quantitative estimate of drug-likeness (QED) is 0.730. The first-order valence-corrected chi connectivity index (χ1v) is 10.5. The zero-order valence-corrected chi connectivity index (χ0v) is 15.9. The summed E-state index contributed by atoms with van der Waals surface area (Å²) in [5, 5.41) is 0. The number of nitrogens with zero attached hydrogens (tertiary/aromatic N) is 3. The van der Waals surface area contributed by atoms with E-state index in [0.717, 1.165) is 17.9 Å². The number of fused-ring (bicyclic) bond motifs is 2. The van der Waals surface area contributed by atoms with Crippen LogP contribution in [0.15, 0.2) is 30.3 Å². The smallest absolute Gasteiger partial charge is 0.0366 e. The van der Waals surface area contributed by atoms with Gasteiger partial charge in [-0.05, 0) is 82.8 Å². The molecule has 0 amide bonds. The Morgan fingerprint density at radius 3 is 2.56 bits per heavy atom. The van der Waals surface area contributed by atoms with Crippen LogP contribution in [0.4, 0.5) is 5.69 Å². The van der Waals surface area contributed by atoms with Gasteiger partial charge in [0.1, 0.15) is 0 Å². The molecule has 3 saturated heterocycles. The van der Waals surface area contributed by atoms with Gasteiger partial charge in [-0.3, -0.25) is 0 Å². The van der Waals surface area contributed by atoms with Gasteiger partial charge in [0.15, 0.2) is 0 Å². The van der Waals surface area contributed by atoms with Crippen molar-refractivity contribution < 1.29 is 0 Å². The molecule has 3 nitrogen and oxygen atoms in total. The van der Waals surface area contributed by atoms with Crippen molar-refractivity contribution in [2.45, 2.75) is 44.6 Å². The van der Waals surface area contributed by atoms with Gasteiger partial charge >= 0.3 is 0 Å². The van der Waals surface area contributed by atoms with E-state index in [2.05, 4.69) is 52.1 Å². The van der Waals surface area contributed by atoms with Crippen molar-refractivity contribution in [2.24, 2.45) is 11.8 Å². The molecule has 2 bridgehead atoms. The third-order valence-electron chi connectivity index (χ3n) is 6.77. The molecule has 3 aliphatic heterocycles. The van der Waals surface area contributed by atoms with Crippen LogP contribution in [0.3, 0.4) is 0 Å². The van der Waals surface area contributed by atoms with Crippen molar-refractivity contribution in [2.75, 3.05) is 51.2 Å². The number of rotatable bonds is 6. The lowest BCUT2D eigenvalue weighted by Crippen LogP contribution is -2.56. The summed E-state index contributed by atoms with van der Waals surface area (Å²) in [6.45, 7) is 7.81. The van der Waals surface area contributed by atoms with E-state index in [1.165, 1.54) is 83.5 Å². The van der Waals surface area contributed by atoms with E-state index < -0.39 is 0 Å². The van der Waals surface area contributed by atoms with Gasteiger partial charge in [0.2, 0.25) is 0 Å². The number of anilines is 1. The third kappa shape index (κ3) is 4.20. The zero-order valence-electron chi connectivity index (χ0n) is 15.9. The average Bonchev–Trinajstić information content (AvgIpc) is 3.14. The van der Waals surface area contributed by atoms with Gasteiger partial charge in [-0.1, -0.05) is 24.6 Å². The summed E-state index contributed by atoms with van der Waals surface area (Å²) < 4.78 is 0. The van der Waals surface area contributed by atoms with Crippen LogP contribution in [0.1, 0.15) is 38.5 Å². The van der Waals surface area contributed by atoms with Crippen LogP contribution in [0.5, 0.6) is 0 Å². The minimum Gasteiger partial charge on any atom is -0.371 e. The van der Waals surface area contributed by atoms with Crippen LogP contribution >= 0.6 is 0 Å². The molecule has 3 fully saturated rings. The number of piperidine rings is 2. The minimum absolute atomic E-state index is 0.793.